The molecule has 0 aliphatic carbocycles. The van der Waals surface area contributed by atoms with Crippen LogP contribution in [-0.4, -0.2) is 30.9 Å². The van der Waals surface area contributed by atoms with Crippen LogP contribution in [0.25, 0.3) is 10.8 Å². The first kappa shape index (κ1) is 16.5. The molecule has 3 aromatic rings. The van der Waals surface area contributed by atoms with Crippen molar-refractivity contribution < 1.29 is 14.2 Å². The van der Waals surface area contributed by atoms with Crippen molar-refractivity contribution in [3.05, 3.63) is 66.2 Å². The average Bonchev–Trinajstić information content (AvgIpc) is 3.35. The summed E-state index contributed by atoms with van der Waals surface area (Å²) in [6.45, 7) is 3.08. The predicted octanol–water partition coefficient (Wildman–Crippen LogP) is 4.61. The van der Waals surface area contributed by atoms with E-state index in [0.717, 1.165) is 30.3 Å². The number of ether oxygens (including phenoxy) is 3. The lowest BCUT2D eigenvalue weighted by molar-refractivity contribution is 0.166. The van der Waals surface area contributed by atoms with Gasteiger partial charge in [-0.25, -0.2) is 0 Å². The highest BCUT2D eigenvalue weighted by Gasteiger charge is 2.26. The minimum absolute atomic E-state index is 0.292. The third-order valence-corrected chi connectivity index (χ3v) is 5.54. The highest BCUT2D eigenvalue weighted by molar-refractivity contribution is 5.85. The van der Waals surface area contributed by atoms with E-state index in [1.807, 2.05) is 18.2 Å². The molecule has 2 heterocycles. The molecule has 2 aliphatic heterocycles. The molecule has 0 N–H and O–H groups in total. The van der Waals surface area contributed by atoms with Gasteiger partial charge in [0.2, 0.25) is 6.79 Å². The van der Waals surface area contributed by atoms with Gasteiger partial charge in [0.25, 0.3) is 0 Å². The molecular formula is C23H23NO3. The molecular weight excluding hydrogens is 338 g/mol. The van der Waals surface area contributed by atoms with E-state index in [-0.39, 0.29) is 0 Å². The lowest BCUT2D eigenvalue weighted by atomic mass is 10.0. The number of likely N-dealkylation sites (tertiary alicyclic amines) is 1. The van der Waals surface area contributed by atoms with Crippen LogP contribution < -0.4 is 14.2 Å². The molecule has 2 aliphatic rings. The molecule has 1 fully saturated rings. The van der Waals surface area contributed by atoms with Crippen molar-refractivity contribution >= 4 is 10.8 Å². The summed E-state index contributed by atoms with van der Waals surface area (Å²) in [4.78, 5) is 2.55. The molecule has 0 unspecified atom stereocenters. The Morgan fingerprint density at radius 1 is 0.963 bits per heavy atom. The Bertz CT molecular complexity index is 950. The summed E-state index contributed by atoms with van der Waals surface area (Å²) in [6, 6.07) is 21.5. The van der Waals surface area contributed by atoms with E-state index in [1.54, 1.807) is 0 Å². The smallest absolute Gasteiger partial charge is 0.231 e. The summed E-state index contributed by atoms with van der Waals surface area (Å²) in [5.41, 5.74) is 1.39. The first-order chi connectivity index (χ1) is 13.4. The standard InChI is InChI=1S/C23H23NO3/c1-2-9-21-17(5-1)6-3-7-18(21)14-24-12-4-8-19(24)15-25-20-10-11-22-23(13-20)27-16-26-22/h1-3,5-7,9-11,13,19H,4,8,12,14-16H2/t19-/m0/s1. The van der Waals surface area contributed by atoms with Crippen LogP contribution in [0.15, 0.2) is 60.7 Å². The molecule has 0 bridgehead atoms. The van der Waals surface area contributed by atoms with E-state index in [9.17, 15) is 0 Å². The zero-order valence-corrected chi connectivity index (χ0v) is 15.3. The number of fused-ring (bicyclic) bond motifs is 2. The van der Waals surface area contributed by atoms with Crippen LogP contribution in [0.4, 0.5) is 0 Å². The highest BCUT2D eigenvalue weighted by Crippen LogP contribution is 2.35. The van der Waals surface area contributed by atoms with Crippen LogP contribution in [0.1, 0.15) is 18.4 Å². The molecule has 27 heavy (non-hydrogen) atoms. The van der Waals surface area contributed by atoms with E-state index < -0.39 is 0 Å². The number of hydrogen-bond acceptors (Lipinski definition) is 4. The molecule has 0 amide bonds. The minimum atomic E-state index is 0.292. The Kier molecular flexibility index (Phi) is 4.34. The van der Waals surface area contributed by atoms with Gasteiger partial charge in [-0.3, -0.25) is 4.90 Å². The molecule has 0 aromatic heterocycles. The van der Waals surface area contributed by atoms with Crippen LogP contribution in [0.3, 0.4) is 0 Å². The van der Waals surface area contributed by atoms with Crippen molar-refractivity contribution in [2.75, 3.05) is 19.9 Å². The fourth-order valence-corrected chi connectivity index (χ4v) is 4.10. The SMILES string of the molecule is c1ccc2c(CN3CCC[C@H]3COc3ccc4c(c3)OCO4)cccc2c1. The molecule has 3 aromatic carbocycles. The maximum Gasteiger partial charge on any atom is 0.231 e. The number of nitrogens with zero attached hydrogens (tertiary/aromatic N) is 1. The van der Waals surface area contributed by atoms with Gasteiger partial charge in [0.15, 0.2) is 11.5 Å². The van der Waals surface area contributed by atoms with E-state index in [0.29, 0.717) is 19.4 Å². The topological polar surface area (TPSA) is 30.9 Å². The van der Waals surface area contributed by atoms with E-state index in [4.69, 9.17) is 14.2 Å². The van der Waals surface area contributed by atoms with Crippen LogP contribution in [0.5, 0.6) is 17.2 Å². The lowest BCUT2D eigenvalue weighted by Crippen LogP contribution is -2.33. The number of hydrogen-bond donors (Lipinski definition) is 0. The fourth-order valence-electron chi connectivity index (χ4n) is 4.10. The Morgan fingerprint density at radius 2 is 1.85 bits per heavy atom. The quantitative estimate of drug-likeness (QED) is 0.664. The van der Waals surface area contributed by atoms with Gasteiger partial charge in [0.05, 0.1) is 0 Å². The third kappa shape index (κ3) is 3.33. The zero-order chi connectivity index (χ0) is 18.1. The van der Waals surface area contributed by atoms with Crippen molar-refractivity contribution in [3.63, 3.8) is 0 Å². The van der Waals surface area contributed by atoms with Gasteiger partial charge in [0, 0.05) is 18.7 Å². The fraction of sp³-hybridized carbons (Fsp3) is 0.304. The van der Waals surface area contributed by atoms with Crippen LogP contribution >= 0.6 is 0 Å². The largest absolute Gasteiger partial charge is 0.492 e. The van der Waals surface area contributed by atoms with Gasteiger partial charge in [-0.2, -0.15) is 0 Å². The van der Waals surface area contributed by atoms with Crippen LogP contribution in [0.2, 0.25) is 0 Å². The third-order valence-electron chi connectivity index (χ3n) is 5.54. The second-order valence-corrected chi connectivity index (χ2v) is 7.23. The Hall–Kier alpha value is -2.72. The van der Waals surface area contributed by atoms with Crippen molar-refractivity contribution in [1.82, 2.24) is 4.90 Å². The molecule has 138 valence electrons. The first-order valence-corrected chi connectivity index (χ1v) is 9.60. The number of benzene rings is 3. The summed E-state index contributed by atoms with van der Waals surface area (Å²) >= 11 is 0. The predicted molar refractivity (Wildman–Crippen MR) is 105 cm³/mol. The second kappa shape index (κ2) is 7.12. The van der Waals surface area contributed by atoms with E-state index >= 15 is 0 Å². The molecule has 1 saturated heterocycles. The van der Waals surface area contributed by atoms with Gasteiger partial charge in [-0.05, 0) is 47.9 Å². The molecule has 0 spiro atoms. The summed E-state index contributed by atoms with van der Waals surface area (Å²) < 4.78 is 16.9. The van der Waals surface area contributed by atoms with Crippen molar-refractivity contribution in [3.8, 4) is 17.2 Å². The van der Waals surface area contributed by atoms with Gasteiger partial charge in [-0.15, -0.1) is 0 Å². The molecule has 1 atom stereocenters. The minimum Gasteiger partial charge on any atom is -0.492 e. The first-order valence-electron chi connectivity index (χ1n) is 9.60. The number of rotatable bonds is 5. The Labute approximate surface area is 159 Å². The molecule has 0 saturated carbocycles. The Balaban J connectivity index is 1.28. The molecule has 5 rings (SSSR count). The molecule has 4 heteroatoms. The van der Waals surface area contributed by atoms with Crippen LogP contribution in [0, 0.1) is 0 Å². The molecule has 4 nitrogen and oxygen atoms in total. The van der Waals surface area contributed by atoms with Gasteiger partial charge < -0.3 is 14.2 Å². The maximum atomic E-state index is 6.09. The van der Waals surface area contributed by atoms with Gasteiger partial charge in [0.1, 0.15) is 12.4 Å². The summed E-state index contributed by atoms with van der Waals surface area (Å²) in [5, 5.41) is 2.66. The monoisotopic (exact) mass is 361 g/mol. The van der Waals surface area contributed by atoms with Gasteiger partial charge in [-0.1, -0.05) is 42.5 Å². The van der Waals surface area contributed by atoms with Crippen molar-refractivity contribution in [2.24, 2.45) is 0 Å². The second-order valence-electron chi connectivity index (χ2n) is 7.23. The summed E-state index contributed by atoms with van der Waals surface area (Å²) in [6.07, 6.45) is 2.40. The normalized spacial score (nSPS) is 18.9. The van der Waals surface area contributed by atoms with Crippen LogP contribution in [-0.2, 0) is 6.54 Å². The highest BCUT2D eigenvalue weighted by atomic mass is 16.7. The summed E-state index contributed by atoms with van der Waals surface area (Å²) in [5.74, 6) is 2.41. The Morgan fingerprint density at radius 3 is 2.85 bits per heavy atom. The van der Waals surface area contributed by atoms with Crippen molar-refractivity contribution in [1.29, 1.82) is 0 Å². The van der Waals surface area contributed by atoms with E-state index in [2.05, 4.69) is 47.4 Å². The van der Waals surface area contributed by atoms with Gasteiger partial charge >= 0.3 is 0 Å². The average molecular weight is 361 g/mol. The summed E-state index contributed by atoms with van der Waals surface area (Å²) in [7, 11) is 0. The van der Waals surface area contributed by atoms with E-state index in [1.165, 1.54) is 29.2 Å². The zero-order valence-electron chi connectivity index (χ0n) is 15.3. The lowest BCUT2D eigenvalue weighted by Gasteiger charge is -2.25. The maximum absolute atomic E-state index is 6.09. The van der Waals surface area contributed by atoms with Crippen molar-refractivity contribution in [2.45, 2.75) is 25.4 Å². The molecule has 0 radical (unpaired) electrons.